The molecule has 1 aromatic heterocycles. The van der Waals surface area contributed by atoms with Crippen molar-refractivity contribution in [3.63, 3.8) is 0 Å². The van der Waals surface area contributed by atoms with Crippen LogP contribution in [0.25, 0.3) is 21.9 Å². The van der Waals surface area contributed by atoms with Gasteiger partial charge in [0.2, 0.25) is 0 Å². The second kappa shape index (κ2) is 10.4. The maximum absolute atomic E-state index is 6.76. The molecule has 48 heavy (non-hydrogen) atoms. The summed E-state index contributed by atoms with van der Waals surface area (Å²) < 4.78 is 13.5. The second-order valence-corrected chi connectivity index (χ2v) is 12.6. The zero-order valence-electron chi connectivity index (χ0n) is 26.3. The monoisotopic (exact) mass is 616 g/mol. The molecule has 7 aromatic carbocycles. The lowest BCUT2D eigenvalue weighted by atomic mass is 9.34. The molecule has 8 aromatic rings. The van der Waals surface area contributed by atoms with Gasteiger partial charge in [-0.1, -0.05) is 78.4 Å². The highest BCUT2D eigenvalue weighted by Gasteiger charge is 2.41. The topological polar surface area (TPSA) is 28.9 Å². The van der Waals surface area contributed by atoms with Crippen LogP contribution in [0.2, 0.25) is 0 Å². The Hall–Kier alpha value is -6.20. The summed E-state index contributed by atoms with van der Waals surface area (Å²) in [5.41, 5.74) is 13.2. The van der Waals surface area contributed by atoms with Gasteiger partial charge in [0.25, 0.3) is 6.71 Å². The minimum atomic E-state index is 0.0133. The molecule has 0 amide bonds. The molecule has 0 saturated heterocycles. The van der Waals surface area contributed by atoms with E-state index in [-0.39, 0.29) is 6.71 Å². The summed E-state index contributed by atoms with van der Waals surface area (Å²) in [6, 6.07) is 55.7. The number of fused-ring (bicyclic) bond motifs is 7. The molecule has 2 aliphatic rings. The van der Waals surface area contributed by atoms with Crippen molar-refractivity contribution in [1.29, 1.82) is 0 Å². The van der Waals surface area contributed by atoms with Crippen LogP contribution in [-0.2, 0) is 0 Å². The number of benzene rings is 7. The standard InChI is InChI=1S/C43H29BN2O2/c1-28-19-21-31(22-20-28)45(29-11-4-2-5-12-29)32-23-24-33-34-26-42-36(27-41(34)48-40(33)25-32)44-35-15-8-9-16-37(35)46(30-13-6-3-7-14-30)38-17-10-18-39(47-42)43(38)44/h2-27H,1H3. The van der Waals surface area contributed by atoms with Crippen LogP contribution in [-0.4, -0.2) is 6.71 Å². The van der Waals surface area contributed by atoms with E-state index < -0.39 is 0 Å². The Morgan fingerprint density at radius 1 is 0.521 bits per heavy atom. The Labute approximate surface area is 279 Å². The van der Waals surface area contributed by atoms with Gasteiger partial charge in [0, 0.05) is 51.0 Å². The van der Waals surface area contributed by atoms with E-state index in [0.717, 1.165) is 67.3 Å². The number of hydrogen-bond donors (Lipinski definition) is 0. The summed E-state index contributed by atoms with van der Waals surface area (Å²) in [4.78, 5) is 4.63. The molecule has 226 valence electrons. The van der Waals surface area contributed by atoms with Gasteiger partial charge in [0.15, 0.2) is 0 Å². The summed E-state index contributed by atoms with van der Waals surface area (Å²) >= 11 is 0. The Morgan fingerprint density at radius 2 is 1.21 bits per heavy atom. The Bertz CT molecular complexity index is 2510. The van der Waals surface area contributed by atoms with E-state index >= 15 is 0 Å². The average Bonchev–Trinajstić information content (AvgIpc) is 3.49. The number of para-hydroxylation sites is 3. The van der Waals surface area contributed by atoms with Crippen molar-refractivity contribution < 1.29 is 9.15 Å². The fourth-order valence-corrected chi connectivity index (χ4v) is 7.60. The number of ether oxygens (including phenoxy) is 1. The number of furan rings is 1. The summed E-state index contributed by atoms with van der Waals surface area (Å²) in [6.07, 6.45) is 0. The molecule has 10 rings (SSSR count). The zero-order chi connectivity index (χ0) is 31.8. The smallest absolute Gasteiger partial charge is 0.256 e. The van der Waals surface area contributed by atoms with Gasteiger partial charge < -0.3 is 19.0 Å². The molecular weight excluding hydrogens is 587 g/mol. The molecule has 0 atom stereocenters. The molecule has 3 heterocycles. The lowest BCUT2D eigenvalue weighted by molar-refractivity contribution is 0.488. The van der Waals surface area contributed by atoms with Crippen LogP contribution in [0.15, 0.2) is 162 Å². The summed E-state index contributed by atoms with van der Waals surface area (Å²) in [5, 5.41) is 2.11. The normalized spacial score (nSPS) is 12.8. The maximum Gasteiger partial charge on any atom is 0.256 e. The van der Waals surface area contributed by atoms with Crippen molar-refractivity contribution in [3.05, 3.63) is 163 Å². The third-order valence-electron chi connectivity index (χ3n) is 9.76. The van der Waals surface area contributed by atoms with E-state index in [2.05, 4.69) is 168 Å². The first-order valence-electron chi connectivity index (χ1n) is 16.4. The highest BCUT2D eigenvalue weighted by Crippen LogP contribution is 2.43. The van der Waals surface area contributed by atoms with E-state index in [1.807, 2.05) is 6.07 Å². The molecule has 0 aliphatic carbocycles. The third kappa shape index (κ3) is 4.04. The van der Waals surface area contributed by atoms with Gasteiger partial charge in [0.05, 0.1) is 0 Å². The van der Waals surface area contributed by atoms with Crippen LogP contribution in [0.1, 0.15) is 5.56 Å². The first kappa shape index (κ1) is 27.0. The van der Waals surface area contributed by atoms with Crippen molar-refractivity contribution in [3.8, 4) is 11.5 Å². The molecule has 0 N–H and O–H groups in total. The van der Waals surface area contributed by atoms with Gasteiger partial charge in [-0.25, -0.2) is 0 Å². The van der Waals surface area contributed by atoms with Crippen LogP contribution >= 0.6 is 0 Å². The van der Waals surface area contributed by atoms with Crippen LogP contribution in [0.4, 0.5) is 34.1 Å². The minimum Gasteiger partial charge on any atom is -0.458 e. The molecule has 0 bridgehead atoms. The number of rotatable bonds is 4. The Kier molecular flexibility index (Phi) is 5.85. The average molecular weight is 617 g/mol. The molecule has 0 unspecified atom stereocenters. The summed E-state index contributed by atoms with van der Waals surface area (Å²) in [7, 11) is 0. The van der Waals surface area contributed by atoms with E-state index in [1.54, 1.807) is 0 Å². The lowest BCUT2D eigenvalue weighted by Gasteiger charge is -2.39. The van der Waals surface area contributed by atoms with Gasteiger partial charge >= 0.3 is 0 Å². The second-order valence-electron chi connectivity index (χ2n) is 12.6. The highest BCUT2D eigenvalue weighted by atomic mass is 16.5. The predicted molar refractivity (Wildman–Crippen MR) is 199 cm³/mol. The molecule has 0 spiro atoms. The van der Waals surface area contributed by atoms with Crippen LogP contribution in [0.5, 0.6) is 11.5 Å². The van der Waals surface area contributed by atoms with Crippen LogP contribution in [0, 0.1) is 6.92 Å². The van der Waals surface area contributed by atoms with Crippen molar-refractivity contribution >= 4 is 79.2 Å². The van der Waals surface area contributed by atoms with E-state index in [0.29, 0.717) is 0 Å². The number of aryl methyl sites for hydroxylation is 1. The van der Waals surface area contributed by atoms with Crippen molar-refractivity contribution in [1.82, 2.24) is 0 Å². The fourth-order valence-electron chi connectivity index (χ4n) is 7.60. The lowest BCUT2D eigenvalue weighted by Crippen LogP contribution is -2.59. The molecule has 0 radical (unpaired) electrons. The van der Waals surface area contributed by atoms with Crippen molar-refractivity contribution in [2.45, 2.75) is 6.92 Å². The largest absolute Gasteiger partial charge is 0.458 e. The van der Waals surface area contributed by atoms with Gasteiger partial charge in [0.1, 0.15) is 22.7 Å². The molecular formula is C43H29BN2O2. The van der Waals surface area contributed by atoms with Crippen LogP contribution < -0.4 is 30.9 Å². The third-order valence-corrected chi connectivity index (χ3v) is 9.76. The highest BCUT2D eigenvalue weighted by molar-refractivity contribution is 6.99. The maximum atomic E-state index is 6.76. The minimum absolute atomic E-state index is 0.0133. The molecule has 2 aliphatic heterocycles. The van der Waals surface area contributed by atoms with Gasteiger partial charge in [-0.15, -0.1) is 0 Å². The van der Waals surface area contributed by atoms with Gasteiger partial charge in [-0.2, -0.15) is 0 Å². The van der Waals surface area contributed by atoms with Crippen molar-refractivity contribution in [2.24, 2.45) is 0 Å². The fraction of sp³-hybridized carbons (Fsp3) is 0.0233. The molecule has 5 heteroatoms. The number of hydrogen-bond acceptors (Lipinski definition) is 4. The van der Waals surface area contributed by atoms with E-state index in [1.165, 1.54) is 22.2 Å². The summed E-state index contributed by atoms with van der Waals surface area (Å²) in [6.45, 7) is 2.13. The molecule has 0 fully saturated rings. The van der Waals surface area contributed by atoms with Crippen molar-refractivity contribution in [2.75, 3.05) is 9.80 Å². The number of anilines is 6. The quantitative estimate of drug-likeness (QED) is 0.184. The first-order chi connectivity index (χ1) is 23.7. The SMILES string of the molecule is Cc1ccc(N(c2ccccc2)c2ccc3c(c2)oc2cc4c(cc23)Oc2cccc3c2B4c2ccccc2N3c2ccccc2)cc1. The van der Waals surface area contributed by atoms with Gasteiger partial charge in [-0.05, 0) is 102 Å². The van der Waals surface area contributed by atoms with E-state index in [9.17, 15) is 0 Å². The first-order valence-corrected chi connectivity index (χ1v) is 16.4. The Balaban J connectivity index is 1.14. The van der Waals surface area contributed by atoms with E-state index in [4.69, 9.17) is 9.15 Å². The number of nitrogens with zero attached hydrogens (tertiary/aromatic N) is 2. The zero-order valence-corrected chi connectivity index (χ0v) is 26.3. The summed E-state index contributed by atoms with van der Waals surface area (Å²) in [5.74, 6) is 1.77. The predicted octanol–water partition coefficient (Wildman–Crippen LogP) is 9.77. The Morgan fingerprint density at radius 3 is 2.04 bits per heavy atom. The molecule has 0 saturated carbocycles. The molecule has 4 nitrogen and oxygen atoms in total. The van der Waals surface area contributed by atoms with Crippen LogP contribution in [0.3, 0.4) is 0 Å². The van der Waals surface area contributed by atoms with Gasteiger partial charge in [-0.3, -0.25) is 0 Å².